The molecule has 0 saturated carbocycles. The Hall–Kier alpha value is -0.860. The Morgan fingerprint density at radius 1 is 1.22 bits per heavy atom. The van der Waals surface area contributed by atoms with Gasteiger partial charge in [-0.3, -0.25) is 4.90 Å². The Morgan fingerprint density at radius 3 is 2.44 bits per heavy atom. The molecule has 0 bridgehead atoms. The Labute approximate surface area is 111 Å². The quantitative estimate of drug-likeness (QED) is 0.888. The van der Waals surface area contributed by atoms with Crippen molar-refractivity contribution in [3.8, 4) is 0 Å². The van der Waals surface area contributed by atoms with Gasteiger partial charge in [0.05, 0.1) is 6.10 Å². The average molecular weight is 247 g/mol. The highest BCUT2D eigenvalue weighted by molar-refractivity contribution is 5.29. The standard InChI is InChI=1S/C16H25NO/c1-12-4-5-15(10-13(12)2)11-17-8-6-16(7-9-17)14(3)18/h4-5,10,14,16,18H,6-9,11H2,1-3H3. The number of hydrogen-bond acceptors (Lipinski definition) is 2. The first-order valence-electron chi connectivity index (χ1n) is 7.03. The molecule has 2 rings (SSSR count). The number of likely N-dealkylation sites (tertiary alicyclic amines) is 1. The summed E-state index contributed by atoms with van der Waals surface area (Å²) in [7, 11) is 0. The Kier molecular flexibility index (Phi) is 4.41. The predicted molar refractivity (Wildman–Crippen MR) is 75.6 cm³/mol. The molecular formula is C16H25NO. The summed E-state index contributed by atoms with van der Waals surface area (Å²) in [6.45, 7) is 9.54. The highest BCUT2D eigenvalue weighted by Crippen LogP contribution is 2.22. The second-order valence-corrected chi connectivity index (χ2v) is 5.77. The van der Waals surface area contributed by atoms with Crippen LogP contribution in [-0.2, 0) is 6.54 Å². The third kappa shape index (κ3) is 3.33. The van der Waals surface area contributed by atoms with Gasteiger partial charge in [-0.15, -0.1) is 0 Å². The zero-order valence-corrected chi connectivity index (χ0v) is 11.8. The number of aliphatic hydroxyl groups is 1. The summed E-state index contributed by atoms with van der Waals surface area (Å²) in [4.78, 5) is 2.50. The van der Waals surface area contributed by atoms with Gasteiger partial charge >= 0.3 is 0 Å². The summed E-state index contributed by atoms with van der Waals surface area (Å²) >= 11 is 0. The first-order chi connectivity index (χ1) is 8.56. The summed E-state index contributed by atoms with van der Waals surface area (Å²) in [6.07, 6.45) is 2.11. The van der Waals surface area contributed by atoms with E-state index in [9.17, 15) is 5.11 Å². The third-order valence-corrected chi connectivity index (χ3v) is 4.29. The van der Waals surface area contributed by atoms with E-state index in [0.717, 1.165) is 32.5 Å². The van der Waals surface area contributed by atoms with Gasteiger partial charge in [0.25, 0.3) is 0 Å². The molecule has 1 N–H and O–H groups in total. The van der Waals surface area contributed by atoms with Crippen LogP contribution in [0.3, 0.4) is 0 Å². The van der Waals surface area contributed by atoms with Crippen molar-refractivity contribution in [1.82, 2.24) is 4.90 Å². The van der Waals surface area contributed by atoms with E-state index < -0.39 is 0 Å². The normalized spacial score (nSPS) is 20.0. The fourth-order valence-electron chi connectivity index (χ4n) is 2.75. The number of hydrogen-bond donors (Lipinski definition) is 1. The lowest BCUT2D eigenvalue weighted by Gasteiger charge is -2.33. The van der Waals surface area contributed by atoms with E-state index in [1.165, 1.54) is 16.7 Å². The molecular weight excluding hydrogens is 222 g/mol. The summed E-state index contributed by atoms with van der Waals surface area (Å²) < 4.78 is 0. The van der Waals surface area contributed by atoms with Crippen LogP contribution in [0.15, 0.2) is 18.2 Å². The van der Waals surface area contributed by atoms with Crippen LogP contribution in [0.25, 0.3) is 0 Å². The molecule has 0 aromatic heterocycles. The predicted octanol–water partition coefficient (Wildman–Crippen LogP) is 2.90. The maximum Gasteiger partial charge on any atom is 0.0541 e. The molecule has 1 aromatic rings. The zero-order valence-electron chi connectivity index (χ0n) is 11.8. The van der Waals surface area contributed by atoms with E-state index in [1.807, 2.05) is 6.92 Å². The topological polar surface area (TPSA) is 23.5 Å². The van der Waals surface area contributed by atoms with Crippen molar-refractivity contribution >= 4 is 0 Å². The van der Waals surface area contributed by atoms with Crippen molar-refractivity contribution in [3.05, 3.63) is 34.9 Å². The summed E-state index contributed by atoms with van der Waals surface area (Å²) in [5, 5.41) is 9.60. The summed E-state index contributed by atoms with van der Waals surface area (Å²) in [6, 6.07) is 6.76. The Balaban J connectivity index is 1.89. The van der Waals surface area contributed by atoms with Crippen molar-refractivity contribution in [2.45, 2.75) is 46.3 Å². The fourth-order valence-corrected chi connectivity index (χ4v) is 2.75. The number of nitrogens with zero attached hydrogens (tertiary/aromatic N) is 1. The van der Waals surface area contributed by atoms with E-state index >= 15 is 0 Å². The van der Waals surface area contributed by atoms with Gasteiger partial charge in [0.15, 0.2) is 0 Å². The van der Waals surface area contributed by atoms with Crippen molar-refractivity contribution < 1.29 is 5.11 Å². The molecule has 2 heteroatoms. The monoisotopic (exact) mass is 247 g/mol. The number of piperidine rings is 1. The fraction of sp³-hybridized carbons (Fsp3) is 0.625. The molecule has 1 aromatic carbocycles. The van der Waals surface area contributed by atoms with Gasteiger partial charge in [-0.1, -0.05) is 18.2 Å². The van der Waals surface area contributed by atoms with E-state index in [-0.39, 0.29) is 6.10 Å². The molecule has 0 amide bonds. The lowest BCUT2D eigenvalue weighted by atomic mass is 9.92. The number of rotatable bonds is 3. The van der Waals surface area contributed by atoms with E-state index in [1.54, 1.807) is 0 Å². The molecule has 1 aliphatic rings. The van der Waals surface area contributed by atoms with Gasteiger partial charge in [0, 0.05) is 6.54 Å². The minimum atomic E-state index is -0.145. The first kappa shape index (κ1) is 13.6. The molecule has 1 fully saturated rings. The summed E-state index contributed by atoms with van der Waals surface area (Å²) in [5.74, 6) is 0.501. The van der Waals surface area contributed by atoms with Crippen molar-refractivity contribution in [1.29, 1.82) is 0 Å². The maximum absolute atomic E-state index is 9.60. The zero-order chi connectivity index (χ0) is 13.1. The van der Waals surface area contributed by atoms with E-state index in [2.05, 4.69) is 36.9 Å². The second kappa shape index (κ2) is 5.85. The second-order valence-electron chi connectivity index (χ2n) is 5.77. The molecule has 1 atom stereocenters. The Morgan fingerprint density at radius 2 is 1.89 bits per heavy atom. The first-order valence-corrected chi connectivity index (χ1v) is 7.03. The minimum absolute atomic E-state index is 0.145. The summed E-state index contributed by atoms with van der Waals surface area (Å²) in [5.41, 5.74) is 4.16. The molecule has 2 nitrogen and oxygen atoms in total. The largest absolute Gasteiger partial charge is 0.393 e. The van der Waals surface area contributed by atoms with Gasteiger partial charge < -0.3 is 5.11 Å². The number of aliphatic hydroxyl groups excluding tert-OH is 1. The van der Waals surface area contributed by atoms with Crippen LogP contribution in [-0.4, -0.2) is 29.2 Å². The smallest absolute Gasteiger partial charge is 0.0541 e. The van der Waals surface area contributed by atoms with Gasteiger partial charge in [-0.2, -0.15) is 0 Å². The van der Waals surface area contributed by atoms with Crippen LogP contribution in [0, 0.1) is 19.8 Å². The van der Waals surface area contributed by atoms with Crippen LogP contribution in [0.2, 0.25) is 0 Å². The third-order valence-electron chi connectivity index (χ3n) is 4.29. The maximum atomic E-state index is 9.60. The van der Waals surface area contributed by atoms with Crippen LogP contribution < -0.4 is 0 Å². The lowest BCUT2D eigenvalue weighted by Crippen LogP contribution is -2.36. The van der Waals surface area contributed by atoms with Crippen molar-refractivity contribution in [3.63, 3.8) is 0 Å². The van der Waals surface area contributed by atoms with Crippen molar-refractivity contribution in [2.75, 3.05) is 13.1 Å². The van der Waals surface area contributed by atoms with Crippen LogP contribution in [0.4, 0.5) is 0 Å². The average Bonchev–Trinajstić information content (AvgIpc) is 2.34. The Bertz CT molecular complexity index is 392. The van der Waals surface area contributed by atoms with Crippen molar-refractivity contribution in [2.24, 2.45) is 5.92 Å². The number of benzene rings is 1. The molecule has 0 radical (unpaired) electrons. The minimum Gasteiger partial charge on any atom is -0.393 e. The van der Waals surface area contributed by atoms with Crippen LogP contribution in [0.1, 0.15) is 36.5 Å². The molecule has 18 heavy (non-hydrogen) atoms. The highest BCUT2D eigenvalue weighted by Gasteiger charge is 2.22. The van der Waals surface area contributed by atoms with Gasteiger partial charge in [-0.25, -0.2) is 0 Å². The van der Waals surface area contributed by atoms with Gasteiger partial charge in [-0.05, 0) is 69.3 Å². The van der Waals surface area contributed by atoms with E-state index in [0.29, 0.717) is 5.92 Å². The molecule has 1 aliphatic heterocycles. The van der Waals surface area contributed by atoms with Crippen LogP contribution >= 0.6 is 0 Å². The number of aryl methyl sites for hydroxylation is 2. The lowest BCUT2D eigenvalue weighted by molar-refractivity contribution is 0.0695. The van der Waals surface area contributed by atoms with Gasteiger partial charge in [0.1, 0.15) is 0 Å². The van der Waals surface area contributed by atoms with Crippen LogP contribution in [0.5, 0.6) is 0 Å². The molecule has 100 valence electrons. The molecule has 0 spiro atoms. The van der Waals surface area contributed by atoms with E-state index in [4.69, 9.17) is 0 Å². The SMILES string of the molecule is Cc1ccc(CN2CCC(C(C)O)CC2)cc1C. The molecule has 1 heterocycles. The van der Waals surface area contributed by atoms with Gasteiger partial charge in [0.2, 0.25) is 0 Å². The molecule has 0 aliphatic carbocycles. The molecule has 1 saturated heterocycles. The highest BCUT2D eigenvalue weighted by atomic mass is 16.3. The molecule has 1 unspecified atom stereocenters.